The molecule has 0 saturated heterocycles. The van der Waals surface area contributed by atoms with Gasteiger partial charge in [-0.2, -0.15) is 0 Å². The van der Waals surface area contributed by atoms with Crippen LogP contribution in [-0.4, -0.2) is 23.6 Å². The number of ether oxygens (including phenoxy) is 2. The van der Waals surface area contributed by atoms with Crippen LogP contribution in [0.5, 0.6) is 5.75 Å². The maximum atomic E-state index is 13.0. The summed E-state index contributed by atoms with van der Waals surface area (Å²) in [6.45, 7) is 8.62. The maximum absolute atomic E-state index is 13.0. The van der Waals surface area contributed by atoms with Gasteiger partial charge in [0.05, 0.1) is 13.5 Å². The van der Waals surface area contributed by atoms with E-state index in [9.17, 15) is 4.79 Å². The van der Waals surface area contributed by atoms with Crippen molar-refractivity contribution in [2.24, 2.45) is 0 Å². The van der Waals surface area contributed by atoms with E-state index in [2.05, 4.69) is 60.4 Å². The van der Waals surface area contributed by atoms with Gasteiger partial charge in [0.15, 0.2) is 0 Å². The van der Waals surface area contributed by atoms with E-state index in [1.54, 1.807) is 7.11 Å². The SMILES string of the molecule is COc1ccc(C(CC(=O)OC(C)(C)C)N(Cc2ccccc2)[C@H](C)c2ccccc2)cc1. The van der Waals surface area contributed by atoms with Crippen molar-refractivity contribution in [1.29, 1.82) is 0 Å². The molecule has 3 aromatic rings. The first-order valence-corrected chi connectivity index (χ1v) is 11.5. The Bertz CT molecular complexity index is 995. The Morgan fingerprint density at radius 2 is 1.42 bits per heavy atom. The third-order valence-electron chi connectivity index (χ3n) is 5.67. The standard InChI is InChI=1S/C29H35NO3/c1-22(24-14-10-7-11-15-24)30(21-23-12-8-6-9-13-23)27(20-28(31)33-29(2,3)4)25-16-18-26(32-5)19-17-25/h6-19,22,27H,20-21H2,1-5H3/t22-,27?/m1/s1. The molecular formula is C29H35NO3. The van der Waals surface area contributed by atoms with Crippen LogP contribution in [-0.2, 0) is 16.1 Å². The van der Waals surface area contributed by atoms with Crippen LogP contribution in [0.3, 0.4) is 0 Å². The van der Waals surface area contributed by atoms with Crippen molar-refractivity contribution in [2.75, 3.05) is 7.11 Å². The highest BCUT2D eigenvalue weighted by Crippen LogP contribution is 2.36. The van der Waals surface area contributed by atoms with Crippen LogP contribution < -0.4 is 4.74 Å². The van der Waals surface area contributed by atoms with E-state index in [0.717, 1.165) is 11.3 Å². The lowest BCUT2D eigenvalue weighted by molar-refractivity contribution is -0.156. The fourth-order valence-electron chi connectivity index (χ4n) is 4.03. The molecule has 33 heavy (non-hydrogen) atoms. The van der Waals surface area contributed by atoms with Gasteiger partial charge in [-0.3, -0.25) is 9.69 Å². The lowest BCUT2D eigenvalue weighted by Gasteiger charge is -2.37. The summed E-state index contributed by atoms with van der Waals surface area (Å²) in [6, 6.07) is 28.7. The number of nitrogens with zero attached hydrogens (tertiary/aromatic N) is 1. The number of hydrogen-bond acceptors (Lipinski definition) is 4. The van der Waals surface area contributed by atoms with Crippen LogP contribution >= 0.6 is 0 Å². The van der Waals surface area contributed by atoms with Crippen LogP contribution in [0.2, 0.25) is 0 Å². The van der Waals surface area contributed by atoms with Gasteiger partial charge in [0.25, 0.3) is 0 Å². The van der Waals surface area contributed by atoms with Crippen molar-refractivity contribution in [3.63, 3.8) is 0 Å². The molecule has 0 heterocycles. The molecule has 0 saturated carbocycles. The largest absolute Gasteiger partial charge is 0.497 e. The number of rotatable bonds is 9. The summed E-state index contributed by atoms with van der Waals surface area (Å²) in [5, 5.41) is 0. The second kappa shape index (κ2) is 11.2. The fourth-order valence-corrected chi connectivity index (χ4v) is 4.03. The molecule has 0 N–H and O–H groups in total. The second-order valence-electron chi connectivity index (χ2n) is 9.32. The molecule has 4 heteroatoms. The van der Waals surface area contributed by atoms with Gasteiger partial charge in [-0.15, -0.1) is 0 Å². The van der Waals surface area contributed by atoms with E-state index in [0.29, 0.717) is 6.54 Å². The first-order chi connectivity index (χ1) is 15.8. The molecule has 0 aromatic heterocycles. The minimum absolute atomic E-state index is 0.0842. The van der Waals surface area contributed by atoms with Crippen LogP contribution in [0, 0.1) is 0 Å². The molecule has 0 aliphatic heterocycles. The first-order valence-electron chi connectivity index (χ1n) is 11.5. The summed E-state index contributed by atoms with van der Waals surface area (Å²) in [5.74, 6) is 0.585. The van der Waals surface area contributed by atoms with Crippen LogP contribution in [0.15, 0.2) is 84.9 Å². The topological polar surface area (TPSA) is 38.8 Å². The lowest BCUT2D eigenvalue weighted by Crippen LogP contribution is -2.34. The molecule has 2 atom stereocenters. The minimum Gasteiger partial charge on any atom is -0.497 e. The molecular weight excluding hydrogens is 410 g/mol. The molecule has 0 aliphatic carbocycles. The molecule has 0 bridgehead atoms. The number of benzene rings is 3. The second-order valence-corrected chi connectivity index (χ2v) is 9.32. The van der Waals surface area contributed by atoms with Crippen LogP contribution in [0.1, 0.15) is 62.9 Å². The molecule has 0 amide bonds. The predicted octanol–water partition coefficient (Wildman–Crippen LogP) is 6.73. The van der Waals surface area contributed by atoms with Crippen LogP contribution in [0.4, 0.5) is 0 Å². The summed E-state index contributed by atoms with van der Waals surface area (Å²) < 4.78 is 11.1. The van der Waals surface area contributed by atoms with Crippen molar-refractivity contribution in [3.05, 3.63) is 102 Å². The van der Waals surface area contributed by atoms with E-state index >= 15 is 0 Å². The van der Waals surface area contributed by atoms with Gasteiger partial charge < -0.3 is 9.47 Å². The zero-order valence-electron chi connectivity index (χ0n) is 20.3. The zero-order valence-corrected chi connectivity index (χ0v) is 20.3. The van der Waals surface area contributed by atoms with Crippen LogP contribution in [0.25, 0.3) is 0 Å². The van der Waals surface area contributed by atoms with Gasteiger partial charge in [-0.1, -0.05) is 72.8 Å². The first kappa shape index (κ1) is 24.5. The number of esters is 1. The average Bonchev–Trinajstić information content (AvgIpc) is 2.81. The molecule has 0 fully saturated rings. The third-order valence-corrected chi connectivity index (χ3v) is 5.67. The number of methoxy groups -OCH3 is 1. The van der Waals surface area contributed by atoms with Crippen molar-refractivity contribution >= 4 is 5.97 Å². The van der Waals surface area contributed by atoms with E-state index in [1.165, 1.54) is 11.1 Å². The third kappa shape index (κ3) is 7.19. The summed E-state index contributed by atoms with van der Waals surface area (Å²) in [5.41, 5.74) is 2.93. The maximum Gasteiger partial charge on any atom is 0.308 e. The highest BCUT2D eigenvalue weighted by atomic mass is 16.6. The lowest BCUT2D eigenvalue weighted by atomic mass is 9.96. The predicted molar refractivity (Wildman–Crippen MR) is 133 cm³/mol. The fraction of sp³-hybridized carbons (Fsp3) is 0.345. The van der Waals surface area contributed by atoms with E-state index in [4.69, 9.17) is 9.47 Å². The van der Waals surface area contributed by atoms with E-state index in [-0.39, 0.29) is 24.5 Å². The Morgan fingerprint density at radius 3 is 1.97 bits per heavy atom. The highest BCUT2D eigenvalue weighted by Gasteiger charge is 2.30. The van der Waals surface area contributed by atoms with Gasteiger partial charge >= 0.3 is 5.97 Å². The number of carbonyl (C=O) groups excluding carboxylic acids is 1. The van der Waals surface area contributed by atoms with Crippen molar-refractivity contribution in [1.82, 2.24) is 4.90 Å². The average molecular weight is 446 g/mol. The zero-order chi connectivity index (χ0) is 23.8. The van der Waals surface area contributed by atoms with Gasteiger partial charge in [0.2, 0.25) is 0 Å². The Balaban J connectivity index is 2.02. The molecule has 0 aliphatic rings. The van der Waals surface area contributed by atoms with Gasteiger partial charge in [0, 0.05) is 18.6 Å². The Labute approximate surface area is 198 Å². The van der Waals surface area contributed by atoms with Crippen molar-refractivity contribution < 1.29 is 14.3 Å². The molecule has 0 radical (unpaired) electrons. The van der Waals surface area contributed by atoms with Gasteiger partial charge in [-0.25, -0.2) is 0 Å². The monoisotopic (exact) mass is 445 g/mol. The molecule has 3 aromatic carbocycles. The molecule has 1 unspecified atom stereocenters. The summed E-state index contributed by atoms with van der Waals surface area (Å²) in [4.78, 5) is 15.4. The quantitative estimate of drug-likeness (QED) is 0.342. The summed E-state index contributed by atoms with van der Waals surface area (Å²) in [7, 11) is 1.66. The minimum atomic E-state index is -0.531. The molecule has 174 valence electrons. The Hall–Kier alpha value is -3.11. The smallest absolute Gasteiger partial charge is 0.308 e. The molecule has 4 nitrogen and oxygen atoms in total. The molecule has 0 spiro atoms. The van der Waals surface area contributed by atoms with Gasteiger partial charge in [-0.05, 0) is 56.5 Å². The van der Waals surface area contributed by atoms with Gasteiger partial charge in [0.1, 0.15) is 11.4 Å². The van der Waals surface area contributed by atoms with E-state index < -0.39 is 5.60 Å². The normalized spacial score (nSPS) is 13.4. The summed E-state index contributed by atoms with van der Waals surface area (Å²) >= 11 is 0. The highest BCUT2D eigenvalue weighted by molar-refractivity contribution is 5.71. The van der Waals surface area contributed by atoms with Crippen molar-refractivity contribution in [2.45, 2.75) is 58.3 Å². The Kier molecular flexibility index (Phi) is 8.29. The summed E-state index contributed by atoms with van der Waals surface area (Å²) in [6.07, 6.45) is 0.258. The van der Waals surface area contributed by atoms with E-state index in [1.807, 2.05) is 57.2 Å². The molecule has 3 rings (SSSR count). The number of carbonyl (C=O) groups is 1. The Morgan fingerprint density at radius 1 is 0.848 bits per heavy atom. The number of hydrogen-bond donors (Lipinski definition) is 0. The van der Waals surface area contributed by atoms with Crippen molar-refractivity contribution in [3.8, 4) is 5.75 Å².